The third kappa shape index (κ3) is 2.72. The van der Waals surface area contributed by atoms with Gasteiger partial charge in [-0.05, 0) is 12.1 Å². The van der Waals surface area contributed by atoms with E-state index < -0.39 is 6.03 Å². The SMILES string of the molecule is Cn1nccc1NC(=O)Nc1ccc(O)cc1Cl. The van der Waals surface area contributed by atoms with Crippen molar-refractivity contribution in [3.05, 3.63) is 35.5 Å². The molecule has 0 atom stereocenters. The maximum atomic E-state index is 11.7. The molecule has 0 radical (unpaired) electrons. The molecule has 0 aliphatic rings. The molecule has 0 saturated heterocycles. The lowest BCUT2D eigenvalue weighted by Gasteiger charge is -2.09. The maximum Gasteiger partial charge on any atom is 0.324 e. The summed E-state index contributed by atoms with van der Waals surface area (Å²) in [5.74, 6) is 0.597. The molecule has 1 heterocycles. The summed E-state index contributed by atoms with van der Waals surface area (Å²) in [5, 5.41) is 18.5. The highest BCUT2D eigenvalue weighted by Crippen LogP contribution is 2.25. The number of aromatic nitrogens is 2. The first-order valence-electron chi connectivity index (χ1n) is 5.11. The summed E-state index contributed by atoms with van der Waals surface area (Å²) < 4.78 is 1.53. The summed E-state index contributed by atoms with van der Waals surface area (Å²) in [6.45, 7) is 0. The number of aryl methyl sites for hydroxylation is 1. The van der Waals surface area contributed by atoms with Gasteiger partial charge in [-0.1, -0.05) is 11.6 Å². The second kappa shape index (κ2) is 4.97. The van der Waals surface area contributed by atoms with Crippen molar-refractivity contribution < 1.29 is 9.90 Å². The van der Waals surface area contributed by atoms with Gasteiger partial charge >= 0.3 is 6.03 Å². The normalized spacial score (nSPS) is 10.1. The van der Waals surface area contributed by atoms with Crippen LogP contribution in [0.5, 0.6) is 5.75 Å². The molecule has 2 aromatic rings. The number of phenols is 1. The Kier molecular flexibility index (Phi) is 3.38. The summed E-state index contributed by atoms with van der Waals surface area (Å²) in [5.41, 5.74) is 0.411. The number of urea groups is 1. The van der Waals surface area contributed by atoms with E-state index in [2.05, 4.69) is 15.7 Å². The fourth-order valence-electron chi connectivity index (χ4n) is 1.37. The lowest BCUT2D eigenvalue weighted by atomic mass is 10.3. The van der Waals surface area contributed by atoms with Crippen molar-refractivity contribution in [1.29, 1.82) is 0 Å². The summed E-state index contributed by atoms with van der Waals surface area (Å²) in [7, 11) is 1.71. The first-order chi connectivity index (χ1) is 8.56. The van der Waals surface area contributed by atoms with Crippen molar-refractivity contribution in [3.63, 3.8) is 0 Å². The monoisotopic (exact) mass is 266 g/mol. The fraction of sp³-hybridized carbons (Fsp3) is 0.0909. The number of benzene rings is 1. The highest BCUT2D eigenvalue weighted by atomic mass is 35.5. The maximum absolute atomic E-state index is 11.7. The molecule has 3 N–H and O–H groups in total. The molecule has 0 saturated carbocycles. The van der Waals surface area contributed by atoms with Crippen molar-refractivity contribution in [3.8, 4) is 5.75 Å². The van der Waals surface area contributed by atoms with Crippen molar-refractivity contribution in [1.82, 2.24) is 9.78 Å². The molecule has 6 nitrogen and oxygen atoms in total. The van der Waals surface area contributed by atoms with Gasteiger partial charge in [-0.15, -0.1) is 0 Å². The average molecular weight is 267 g/mol. The summed E-state index contributed by atoms with van der Waals surface area (Å²) >= 11 is 5.87. The summed E-state index contributed by atoms with van der Waals surface area (Å²) in [6.07, 6.45) is 1.57. The number of anilines is 2. The van der Waals surface area contributed by atoms with E-state index in [1.54, 1.807) is 19.3 Å². The quantitative estimate of drug-likeness (QED) is 0.731. The molecule has 2 amide bonds. The lowest BCUT2D eigenvalue weighted by molar-refractivity contribution is 0.262. The minimum Gasteiger partial charge on any atom is -0.508 e. The first-order valence-corrected chi connectivity index (χ1v) is 5.48. The number of nitrogens with zero attached hydrogens (tertiary/aromatic N) is 2. The zero-order chi connectivity index (χ0) is 13.1. The van der Waals surface area contributed by atoms with Gasteiger partial charge in [-0.25, -0.2) is 4.79 Å². The fourth-order valence-corrected chi connectivity index (χ4v) is 1.59. The summed E-state index contributed by atoms with van der Waals surface area (Å²) in [4.78, 5) is 11.7. The van der Waals surface area contributed by atoms with E-state index in [0.717, 1.165) is 0 Å². The van der Waals surface area contributed by atoms with Crippen LogP contribution in [0.1, 0.15) is 0 Å². The molecule has 2 rings (SSSR count). The van der Waals surface area contributed by atoms with Gasteiger partial charge < -0.3 is 10.4 Å². The molecule has 0 bridgehead atoms. The number of hydrogen-bond acceptors (Lipinski definition) is 3. The molecule has 0 aliphatic heterocycles. The average Bonchev–Trinajstić information content (AvgIpc) is 2.69. The number of carbonyl (C=O) groups is 1. The molecule has 0 spiro atoms. The molecule has 18 heavy (non-hydrogen) atoms. The van der Waals surface area contributed by atoms with Crippen LogP contribution in [0.4, 0.5) is 16.3 Å². The first kappa shape index (κ1) is 12.3. The number of aromatic hydroxyl groups is 1. The van der Waals surface area contributed by atoms with E-state index in [9.17, 15) is 9.90 Å². The number of halogens is 1. The second-order valence-electron chi connectivity index (χ2n) is 3.58. The molecule has 0 unspecified atom stereocenters. The van der Waals surface area contributed by atoms with Crippen LogP contribution in [0.15, 0.2) is 30.5 Å². The second-order valence-corrected chi connectivity index (χ2v) is 3.99. The van der Waals surface area contributed by atoms with Crippen LogP contribution in [0.25, 0.3) is 0 Å². The van der Waals surface area contributed by atoms with Gasteiger partial charge in [0.25, 0.3) is 0 Å². The van der Waals surface area contributed by atoms with E-state index in [4.69, 9.17) is 11.6 Å². The van der Waals surface area contributed by atoms with E-state index in [1.807, 2.05) is 0 Å². The van der Waals surface area contributed by atoms with Crippen LogP contribution in [0, 0.1) is 0 Å². The minimum absolute atomic E-state index is 0.0394. The minimum atomic E-state index is -0.439. The smallest absolute Gasteiger partial charge is 0.324 e. The van der Waals surface area contributed by atoms with E-state index in [-0.39, 0.29) is 10.8 Å². The number of hydrogen-bond donors (Lipinski definition) is 3. The van der Waals surface area contributed by atoms with Gasteiger partial charge in [0.15, 0.2) is 0 Å². The number of nitrogens with one attached hydrogen (secondary N) is 2. The molecule has 94 valence electrons. The number of rotatable bonds is 2. The lowest BCUT2D eigenvalue weighted by Crippen LogP contribution is -2.21. The van der Waals surface area contributed by atoms with Crippen LogP contribution in [-0.4, -0.2) is 20.9 Å². The molecule has 7 heteroatoms. The molecule has 0 aliphatic carbocycles. The van der Waals surface area contributed by atoms with Crippen molar-refractivity contribution >= 4 is 29.1 Å². The Morgan fingerprint density at radius 2 is 2.17 bits per heavy atom. The number of carbonyl (C=O) groups excluding carboxylic acids is 1. The third-order valence-electron chi connectivity index (χ3n) is 2.26. The van der Waals surface area contributed by atoms with Gasteiger partial charge in [-0.2, -0.15) is 5.10 Å². The largest absolute Gasteiger partial charge is 0.508 e. The van der Waals surface area contributed by atoms with Crippen LogP contribution in [-0.2, 0) is 7.05 Å². The Morgan fingerprint density at radius 3 is 2.78 bits per heavy atom. The third-order valence-corrected chi connectivity index (χ3v) is 2.58. The number of amides is 2. The Morgan fingerprint density at radius 1 is 1.39 bits per heavy atom. The van der Waals surface area contributed by atoms with Crippen molar-refractivity contribution in [2.75, 3.05) is 10.6 Å². The molecular formula is C11H11ClN4O2. The zero-order valence-electron chi connectivity index (χ0n) is 9.51. The Labute approximate surface area is 108 Å². The Hall–Kier alpha value is -2.21. The predicted molar refractivity (Wildman–Crippen MR) is 69.0 cm³/mol. The topological polar surface area (TPSA) is 79.2 Å². The molecule has 0 fully saturated rings. The summed E-state index contributed by atoms with van der Waals surface area (Å²) in [6, 6.07) is 5.52. The van der Waals surface area contributed by atoms with E-state index >= 15 is 0 Å². The van der Waals surface area contributed by atoms with Crippen LogP contribution in [0.3, 0.4) is 0 Å². The van der Waals surface area contributed by atoms with Gasteiger partial charge in [0, 0.05) is 19.2 Å². The molecule has 1 aromatic heterocycles. The Balaban J connectivity index is 2.05. The molecular weight excluding hydrogens is 256 g/mol. The highest BCUT2D eigenvalue weighted by molar-refractivity contribution is 6.34. The van der Waals surface area contributed by atoms with Crippen molar-refractivity contribution in [2.45, 2.75) is 0 Å². The standard InChI is InChI=1S/C11H11ClN4O2/c1-16-10(4-5-13-16)15-11(18)14-9-3-2-7(17)6-8(9)12/h2-6,17H,1H3,(H2,14,15,18). The van der Waals surface area contributed by atoms with Gasteiger partial charge in [0.05, 0.1) is 16.9 Å². The van der Waals surface area contributed by atoms with Crippen LogP contribution in [0.2, 0.25) is 5.02 Å². The highest BCUT2D eigenvalue weighted by Gasteiger charge is 2.08. The van der Waals surface area contributed by atoms with Gasteiger partial charge in [0.1, 0.15) is 11.6 Å². The predicted octanol–water partition coefficient (Wildman–Crippen LogP) is 2.42. The van der Waals surface area contributed by atoms with Gasteiger partial charge in [-0.3, -0.25) is 10.00 Å². The van der Waals surface area contributed by atoms with E-state index in [1.165, 1.54) is 22.9 Å². The van der Waals surface area contributed by atoms with Gasteiger partial charge in [0.2, 0.25) is 0 Å². The zero-order valence-corrected chi connectivity index (χ0v) is 10.3. The van der Waals surface area contributed by atoms with Crippen molar-refractivity contribution in [2.24, 2.45) is 7.05 Å². The molecule has 1 aromatic carbocycles. The number of phenolic OH excluding ortho intramolecular Hbond substituents is 1. The van der Waals surface area contributed by atoms with Crippen LogP contribution < -0.4 is 10.6 Å². The van der Waals surface area contributed by atoms with E-state index in [0.29, 0.717) is 11.5 Å². The van der Waals surface area contributed by atoms with Crippen LogP contribution >= 0.6 is 11.6 Å². The Bertz CT molecular complexity index is 582.